The van der Waals surface area contributed by atoms with Gasteiger partial charge in [-0.2, -0.15) is 5.10 Å². The van der Waals surface area contributed by atoms with Crippen LogP contribution in [0.25, 0.3) is 0 Å². The van der Waals surface area contributed by atoms with Crippen LogP contribution in [0.3, 0.4) is 0 Å². The zero-order chi connectivity index (χ0) is 14.5. The highest BCUT2D eigenvalue weighted by Gasteiger charge is 2.25. The number of rotatable bonds is 6. The molecule has 0 aromatic carbocycles. The summed E-state index contributed by atoms with van der Waals surface area (Å²) in [5.41, 5.74) is 2.47. The van der Waals surface area contributed by atoms with Gasteiger partial charge in [-0.3, -0.25) is 9.58 Å². The number of aliphatic hydroxyl groups excluding tert-OH is 1. The molecule has 0 radical (unpaired) electrons. The number of nitrogens with zero attached hydrogens (tertiary/aromatic N) is 3. The second-order valence-corrected chi connectivity index (χ2v) is 6.24. The number of piperidine rings is 1. The van der Waals surface area contributed by atoms with Crippen LogP contribution in [0, 0.1) is 12.8 Å². The van der Waals surface area contributed by atoms with Crippen LogP contribution in [0.2, 0.25) is 0 Å². The van der Waals surface area contributed by atoms with Crippen molar-refractivity contribution in [1.29, 1.82) is 0 Å². The molecule has 1 aromatic heterocycles. The van der Waals surface area contributed by atoms with Crippen molar-refractivity contribution in [3.8, 4) is 0 Å². The maximum Gasteiger partial charge on any atom is 0.0638 e. The van der Waals surface area contributed by atoms with Gasteiger partial charge in [0.2, 0.25) is 0 Å². The normalized spacial score (nSPS) is 19.4. The van der Waals surface area contributed by atoms with Crippen LogP contribution in [-0.4, -0.2) is 39.0 Å². The summed E-state index contributed by atoms with van der Waals surface area (Å²) in [5, 5.41) is 14.6. The van der Waals surface area contributed by atoms with Gasteiger partial charge in [0.05, 0.1) is 11.8 Å². The minimum atomic E-state index is -0.0859. The Morgan fingerprint density at radius 1 is 1.40 bits per heavy atom. The molecule has 0 saturated carbocycles. The Labute approximate surface area is 122 Å². The molecule has 4 nitrogen and oxygen atoms in total. The van der Waals surface area contributed by atoms with Crippen LogP contribution >= 0.6 is 0 Å². The van der Waals surface area contributed by atoms with E-state index in [-0.39, 0.29) is 6.10 Å². The number of aromatic nitrogens is 2. The Balaban J connectivity index is 1.78. The van der Waals surface area contributed by atoms with E-state index in [2.05, 4.69) is 30.0 Å². The van der Waals surface area contributed by atoms with E-state index in [9.17, 15) is 5.11 Å². The molecule has 114 valence electrons. The van der Waals surface area contributed by atoms with Gasteiger partial charge in [-0.25, -0.2) is 0 Å². The maximum absolute atomic E-state index is 10.2. The molecule has 0 bridgehead atoms. The van der Waals surface area contributed by atoms with Crippen LogP contribution in [0.4, 0.5) is 0 Å². The van der Waals surface area contributed by atoms with E-state index in [0.717, 1.165) is 51.0 Å². The number of likely N-dealkylation sites (tertiary alicyclic amines) is 1. The fourth-order valence-corrected chi connectivity index (χ4v) is 3.19. The number of hydrogen-bond donors (Lipinski definition) is 1. The number of hydrogen-bond acceptors (Lipinski definition) is 3. The van der Waals surface area contributed by atoms with Crippen LogP contribution in [-0.2, 0) is 13.6 Å². The van der Waals surface area contributed by atoms with Crippen LogP contribution in [0.1, 0.15) is 50.3 Å². The zero-order valence-corrected chi connectivity index (χ0v) is 13.2. The first kappa shape index (κ1) is 15.5. The molecule has 20 heavy (non-hydrogen) atoms. The molecule has 2 heterocycles. The quantitative estimate of drug-likeness (QED) is 0.870. The molecule has 0 spiro atoms. The van der Waals surface area contributed by atoms with Gasteiger partial charge >= 0.3 is 0 Å². The molecule has 1 aromatic rings. The molecule has 1 saturated heterocycles. The second kappa shape index (κ2) is 7.23. The molecular formula is C16H29N3O. The third-order valence-electron chi connectivity index (χ3n) is 4.54. The number of aliphatic hydroxyl groups is 1. The molecule has 1 aliphatic rings. The molecule has 1 atom stereocenters. The van der Waals surface area contributed by atoms with E-state index in [1.165, 1.54) is 12.0 Å². The van der Waals surface area contributed by atoms with Gasteiger partial charge in [0, 0.05) is 25.4 Å². The summed E-state index contributed by atoms with van der Waals surface area (Å²) < 4.78 is 1.89. The molecule has 4 heteroatoms. The van der Waals surface area contributed by atoms with Crippen molar-refractivity contribution >= 4 is 0 Å². The molecule has 1 aliphatic heterocycles. The average Bonchev–Trinajstić information content (AvgIpc) is 2.75. The van der Waals surface area contributed by atoms with E-state index < -0.39 is 0 Å². The average molecular weight is 279 g/mol. The van der Waals surface area contributed by atoms with Crippen molar-refractivity contribution in [2.75, 3.05) is 13.1 Å². The maximum atomic E-state index is 10.2. The van der Waals surface area contributed by atoms with Gasteiger partial charge in [0.15, 0.2) is 0 Å². The fraction of sp³-hybridized carbons (Fsp3) is 0.812. The summed E-state index contributed by atoms with van der Waals surface area (Å²) in [6, 6.07) is 0. The Hall–Kier alpha value is -0.870. The number of aryl methyl sites for hydroxylation is 2. The lowest BCUT2D eigenvalue weighted by molar-refractivity contribution is 0.0502. The predicted octanol–water partition coefficient (Wildman–Crippen LogP) is 2.49. The molecule has 0 aliphatic carbocycles. The third kappa shape index (κ3) is 4.06. The van der Waals surface area contributed by atoms with Crippen molar-refractivity contribution in [2.45, 2.75) is 58.6 Å². The fourth-order valence-electron chi connectivity index (χ4n) is 3.19. The number of unbranched alkanes of at least 4 members (excludes halogenated alkanes) is 1. The van der Waals surface area contributed by atoms with Gasteiger partial charge in [0.1, 0.15) is 0 Å². The smallest absolute Gasteiger partial charge is 0.0638 e. The first-order valence-electron chi connectivity index (χ1n) is 7.99. The van der Waals surface area contributed by atoms with Gasteiger partial charge in [-0.1, -0.05) is 19.8 Å². The van der Waals surface area contributed by atoms with E-state index >= 15 is 0 Å². The Bertz CT molecular complexity index is 408. The highest BCUT2D eigenvalue weighted by Crippen LogP contribution is 2.24. The molecule has 1 N–H and O–H groups in total. The van der Waals surface area contributed by atoms with E-state index in [0.29, 0.717) is 5.92 Å². The van der Waals surface area contributed by atoms with Crippen molar-refractivity contribution < 1.29 is 5.11 Å². The summed E-state index contributed by atoms with van der Waals surface area (Å²) >= 11 is 0. The van der Waals surface area contributed by atoms with Crippen LogP contribution in [0.15, 0.2) is 6.20 Å². The van der Waals surface area contributed by atoms with Gasteiger partial charge in [-0.15, -0.1) is 0 Å². The predicted molar refractivity (Wildman–Crippen MR) is 81.5 cm³/mol. The largest absolute Gasteiger partial charge is 0.393 e. The lowest BCUT2D eigenvalue weighted by Crippen LogP contribution is -2.37. The Kier molecular flexibility index (Phi) is 5.61. The van der Waals surface area contributed by atoms with Crippen molar-refractivity contribution in [2.24, 2.45) is 13.0 Å². The van der Waals surface area contributed by atoms with Crippen LogP contribution < -0.4 is 0 Å². The molecular weight excluding hydrogens is 250 g/mol. The summed E-state index contributed by atoms with van der Waals surface area (Å²) in [6.45, 7) is 7.46. The van der Waals surface area contributed by atoms with E-state index in [1.54, 1.807) is 0 Å². The lowest BCUT2D eigenvalue weighted by Gasteiger charge is -2.34. The Morgan fingerprint density at radius 2 is 2.10 bits per heavy atom. The first-order chi connectivity index (χ1) is 9.60. The summed E-state index contributed by atoms with van der Waals surface area (Å²) in [5.74, 6) is 0.507. The lowest BCUT2D eigenvalue weighted by atomic mass is 9.88. The van der Waals surface area contributed by atoms with Crippen molar-refractivity contribution in [1.82, 2.24) is 14.7 Å². The minimum absolute atomic E-state index is 0.0859. The second-order valence-electron chi connectivity index (χ2n) is 6.24. The molecule has 1 unspecified atom stereocenters. The minimum Gasteiger partial charge on any atom is -0.393 e. The molecule has 1 fully saturated rings. The zero-order valence-electron chi connectivity index (χ0n) is 13.2. The first-order valence-corrected chi connectivity index (χ1v) is 7.99. The summed E-state index contributed by atoms with van der Waals surface area (Å²) in [4.78, 5) is 2.49. The molecule has 2 rings (SSSR count). The monoisotopic (exact) mass is 279 g/mol. The van der Waals surface area contributed by atoms with Gasteiger partial charge in [0.25, 0.3) is 0 Å². The standard InChI is InChI=1S/C16H29N3O/c1-4-5-6-16(20)14-7-9-19(10-8-14)12-15-11-18(3)17-13(15)2/h11,14,16,20H,4-10,12H2,1-3H3. The van der Waals surface area contributed by atoms with Crippen molar-refractivity contribution in [3.63, 3.8) is 0 Å². The highest BCUT2D eigenvalue weighted by molar-refractivity contribution is 5.15. The summed E-state index contributed by atoms with van der Waals surface area (Å²) in [7, 11) is 1.98. The molecule has 0 amide bonds. The van der Waals surface area contributed by atoms with Crippen molar-refractivity contribution in [3.05, 3.63) is 17.5 Å². The third-order valence-corrected chi connectivity index (χ3v) is 4.54. The Morgan fingerprint density at radius 3 is 2.65 bits per heavy atom. The highest BCUT2D eigenvalue weighted by atomic mass is 16.3. The van der Waals surface area contributed by atoms with E-state index in [4.69, 9.17) is 0 Å². The summed E-state index contributed by atoms with van der Waals surface area (Å²) in [6.07, 6.45) is 7.60. The topological polar surface area (TPSA) is 41.3 Å². The van der Waals surface area contributed by atoms with Crippen LogP contribution in [0.5, 0.6) is 0 Å². The van der Waals surface area contributed by atoms with Gasteiger partial charge in [-0.05, 0) is 45.2 Å². The SMILES string of the molecule is CCCCC(O)C1CCN(Cc2cn(C)nc2C)CC1. The van der Waals surface area contributed by atoms with Gasteiger partial charge < -0.3 is 5.11 Å². The van der Waals surface area contributed by atoms with E-state index in [1.807, 2.05) is 11.7 Å².